The molecule has 1 aliphatic heterocycles. The summed E-state index contributed by atoms with van der Waals surface area (Å²) in [7, 11) is 3.07. The van der Waals surface area contributed by atoms with Crippen molar-refractivity contribution in [1.82, 2.24) is 20.2 Å². The van der Waals surface area contributed by atoms with Gasteiger partial charge in [0.05, 0.1) is 25.3 Å². The van der Waals surface area contributed by atoms with E-state index in [9.17, 15) is 26.7 Å². The number of carbonyl (C=O) groups excluding carboxylic acids is 1. The number of anilines is 1. The summed E-state index contributed by atoms with van der Waals surface area (Å²) in [6.07, 6.45) is -2.46. The number of piperidine rings is 1. The van der Waals surface area contributed by atoms with Crippen molar-refractivity contribution in [3.05, 3.63) is 54.0 Å². The van der Waals surface area contributed by atoms with Crippen LogP contribution in [0.25, 0.3) is 5.57 Å². The third-order valence-corrected chi connectivity index (χ3v) is 5.96. The van der Waals surface area contributed by atoms with Crippen molar-refractivity contribution in [1.29, 1.82) is 5.41 Å². The summed E-state index contributed by atoms with van der Waals surface area (Å²) in [6.45, 7) is 0.536. The van der Waals surface area contributed by atoms with E-state index in [2.05, 4.69) is 20.6 Å². The Labute approximate surface area is 210 Å². The van der Waals surface area contributed by atoms with Gasteiger partial charge < -0.3 is 20.3 Å². The lowest BCUT2D eigenvalue weighted by atomic mass is 9.87. The van der Waals surface area contributed by atoms with Crippen molar-refractivity contribution in [2.75, 3.05) is 32.6 Å². The van der Waals surface area contributed by atoms with Crippen LogP contribution in [0.2, 0.25) is 0 Å². The predicted molar refractivity (Wildman–Crippen MR) is 128 cm³/mol. The Hall–Kier alpha value is -3.77. The maximum absolute atomic E-state index is 14.5. The molecule has 0 saturated carbocycles. The summed E-state index contributed by atoms with van der Waals surface area (Å²) < 4.78 is 72.5. The van der Waals surface area contributed by atoms with Crippen LogP contribution in [0.5, 0.6) is 5.75 Å². The van der Waals surface area contributed by atoms with E-state index in [4.69, 9.17) is 10.1 Å². The van der Waals surface area contributed by atoms with E-state index in [1.165, 1.54) is 13.3 Å². The molecule has 1 aromatic carbocycles. The Morgan fingerprint density at radius 3 is 2.41 bits per heavy atom. The van der Waals surface area contributed by atoms with Crippen LogP contribution in [0, 0.1) is 11.3 Å². The first-order valence-corrected chi connectivity index (χ1v) is 11.3. The molecule has 1 amide bonds. The average molecular weight is 527 g/mol. The molecule has 2 atom stereocenters. The molecular weight excluding hydrogens is 499 g/mol. The molecule has 3 rings (SSSR count). The second-order valence-electron chi connectivity index (χ2n) is 8.66. The monoisotopic (exact) mass is 526 g/mol. The average Bonchev–Trinajstić information content (AvgIpc) is 2.85. The van der Waals surface area contributed by atoms with Gasteiger partial charge in [-0.25, -0.2) is 18.7 Å². The molecule has 2 aromatic rings. The number of aromatic nitrogens is 2. The summed E-state index contributed by atoms with van der Waals surface area (Å²) in [6, 6.07) is 5.76. The molecule has 2 unspecified atom stereocenters. The number of amides is 1. The minimum absolute atomic E-state index is 0.102. The first kappa shape index (κ1) is 27.8. The summed E-state index contributed by atoms with van der Waals surface area (Å²) in [5.41, 5.74) is -0.843. The van der Waals surface area contributed by atoms with E-state index in [0.717, 1.165) is 4.90 Å². The maximum atomic E-state index is 14.5. The third kappa shape index (κ3) is 6.71. The Balaban J connectivity index is 1.84. The first-order chi connectivity index (χ1) is 17.4. The Morgan fingerprint density at radius 1 is 1.24 bits per heavy atom. The number of halogens is 5. The Bertz CT molecular complexity index is 1140. The van der Waals surface area contributed by atoms with Crippen LogP contribution in [0.15, 0.2) is 42.9 Å². The highest BCUT2D eigenvalue weighted by Gasteiger charge is 2.46. The number of likely N-dealkylation sites (tertiary alicyclic amines) is 1. The molecule has 0 bridgehead atoms. The smallest absolute Gasteiger partial charge is 0.419 e. The maximum Gasteiger partial charge on any atom is 0.419 e. The van der Waals surface area contributed by atoms with Gasteiger partial charge in [-0.1, -0.05) is 19.1 Å². The molecule has 37 heavy (non-hydrogen) atoms. The van der Waals surface area contributed by atoms with Crippen LogP contribution in [0.4, 0.5) is 27.9 Å². The normalized spacial score (nSPS) is 19.8. The van der Waals surface area contributed by atoms with Gasteiger partial charge in [-0.2, -0.15) is 13.2 Å². The van der Waals surface area contributed by atoms with Gasteiger partial charge in [-0.3, -0.25) is 10.2 Å². The lowest BCUT2D eigenvalue weighted by Gasteiger charge is -2.43. The molecule has 200 valence electrons. The van der Waals surface area contributed by atoms with Crippen LogP contribution in [0.1, 0.15) is 24.5 Å². The van der Waals surface area contributed by atoms with Crippen LogP contribution in [0.3, 0.4) is 0 Å². The number of hydrogen-bond donors (Lipinski definition) is 3. The van der Waals surface area contributed by atoms with Gasteiger partial charge in [0, 0.05) is 44.2 Å². The van der Waals surface area contributed by atoms with E-state index in [1.54, 1.807) is 38.2 Å². The largest absolute Gasteiger partial charge is 0.497 e. The molecule has 1 aliphatic rings. The van der Waals surface area contributed by atoms with E-state index in [-0.39, 0.29) is 18.1 Å². The fourth-order valence-corrected chi connectivity index (χ4v) is 4.11. The van der Waals surface area contributed by atoms with Crippen LogP contribution < -0.4 is 15.4 Å². The number of hydrogen-bond acceptors (Lipinski definition) is 7. The molecule has 1 fully saturated rings. The number of ether oxygens (including phenoxy) is 1. The summed E-state index contributed by atoms with van der Waals surface area (Å²) in [4.78, 5) is 21.6. The molecule has 3 N–H and O–H groups in total. The summed E-state index contributed by atoms with van der Waals surface area (Å²) >= 11 is 0. The lowest BCUT2D eigenvalue weighted by molar-refractivity contribution is -0.145. The quantitative estimate of drug-likeness (QED) is 0.354. The van der Waals surface area contributed by atoms with Crippen molar-refractivity contribution in [2.24, 2.45) is 5.92 Å². The van der Waals surface area contributed by atoms with Crippen LogP contribution in [-0.2, 0) is 11.0 Å². The minimum Gasteiger partial charge on any atom is -0.497 e. The highest BCUT2D eigenvalue weighted by molar-refractivity contribution is 6.54. The summed E-state index contributed by atoms with van der Waals surface area (Å²) in [5.74, 6) is -4.37. The lowest BCUT2D eigenvalue weighted by Crippen LogP contribution is -2.58. The molecule has 0 spiro atoms. The van der Waals surface area contributed by atoms with Crippen molar-refractivity contribution in [3.63, 3.8) is 0 Å². The molecular formula is C24H27F5N6O2. The number of carbonyl (C=O) groups is 1. The zero-order valence-electron chi connectivity index (χ0n) is 20.4. The number of nitrogens with zero attached hydrogens (tertiary/aromatic N) is 3. The molecule has 8 nitrogen and oxygen atoms in total. The van der Waals surface area contributed by atoms with Gasteiger partial charge in [-0.05, 0) is 23.6 Å². The van der Waals surface area contributed by atoms with Gasteiger partial charge in [0.1, 0.15) is 11.5 Å². The zero-order chi connectivity index (χ0) is 27.4. The van der Waals surface area contributed by atoms with Crippen LogP contribution in [-0.4, -0.2) is 65.7 Å². The highest BCUT2D eigenvalue weighted by Crippen LogP contribution is 2.35. The van der Waals surface area contributed by atoms with Crippen molar-refractivity contribution in [3.8, 4) is 5.75 Å². The first-order valence-electron chi connectivity index (χ1n) is 11.3. The number of nitrogens with one attached hydrogen (secondary N) is 3. The van der Waals surface area contributed by atoms with Crippen molar-refractivity contribution < 1.29 is 31.5 Å². The molecule has 2 heterocycles. The Kier molecular flexibility index (Phi) is 8.34. The second kappa shape index (κ2) is 11.1. The molecule has 0 radical (unpaired) electrons. The number of benzene rings is 1. The summed E-state index contributed by atoms with van der Waals surface area (Å²) in [5, 5.41) is 14.1. The van der Waals surface area contributed by atoms with E-state index in [1.807, 2.05) is 0 Å². The molecule has 1 aromatic heterocycles. The van der Waals surface area contributed by atoms with Gasteiger partial charge in [-0.15, -0.1) is 0 Å². The Morgan fingerprint density at radius 2 is 1.86 bits per heavy atom. The number of rotatable bonds is 8. The molecule has 13 heteroatoms. The highest BCUT2D eigenvalue weighted by atomic mass is 19.4. The van der Waals surface area contributed by atoms with E-state index < -0.39 is 54.2 Å². The van der Waals surface area contributed by atoms with Gasteiger partial charge >= 0.3 is 6.18 Å². The van der Waals surface area contributed by atoms with Gasteiger partial charge in [0.25, 0.3) is 11.8 Å². The SMILES string of the molecule is CN/C=C(\C(=N)C(=O)N1CC(F)(F)CC(C)C1CNc1ncc(C(F)(F)F)cn1)c1ccc(OC)cc1. The second-order valence-corrected chi connectivity index (χ2v) is 8.66. The fraction of sp³-hybridized carbons (Fsp3) is 0.417. The molecule has 1 saturated heterocycles. The van der Waals surface area contributed by atoms with Crippen molar-refractivity contribution >= 4 is 23.1 Å². The van der Waals surface area contributed by atoms with Crippen LogP contribution >= 0.6 is 0 Å². The standard InChI is InChI=1S/C24H27F5N6O2/c1-14-8-23(25,26)13-35(19(14)12-34-22-32-9-16(10-33-22)24(27,28)29)21(36)20(30)18(11-31-2)15-4-6-17(37-3)7-5-15/h4-7,9-11,14,19,30-31H,8,12-13H2,1-3H3,(H,32,33,34)/b18-11-,30-20?. The van der Waals surface area contributed by atoms with E-state index >= 15 is 0 Å². The van der Waals surface area contributed by atoms with Gasteiger partial charge in [0.15, 0.2) is 0 Å². The number of methoxy groups -OCH3 is 1. The molecule has 0 aliphatic carbocycles. The van der Waals surface area contributed by atoms with E-state index in [0.29, 0.717) is 23.7 Å². The van der Waals surface area contributed by atoms with Gasteiger partial charge in [0.2, 0.25) is 5.95 Å². The topological polar surface area (TPSA) is 103 Å². The third-order valence-electron chi connectivity index (χ3n) is 5.96. The fourth-order valence-electron chi connectivity index (χ4n) is 4.11. The zero-order valence-corrected chi connectivity index (χ0v) is 20.4. The number of alkyl halides is 5. The predicted octanol–water partition coefficient (Wildman–Crippen LogP) is 4.07. The van der Waals surface area contributed by atoms with Crippen molar-refractivity contribution in [2.45, 2.75) is 31.5 Å². The minimum atomic E-state index is -4.60.